The van der Waals surface area contributed by atoms with Gasteiger partial charge in [0, 0.05) is 42.0 Å². The van der Waals surface area contributed by atoms with Crippen LogP contribution in [0.3, 0.4) is 0 Å². The first-order valence-electron chi connectivity index (χ1n) is 10.3. The SMILES string of the molecule is CC(C)C(=O)Nc1ccc(NC(=O)[C@@H]2CC(=O)N(c3ccc4c(c3)OCCO4)C2)cc1. The molecule has 8 heteroatoms. The Morgan fingerprint density at radius 1 is 0.968 bits per heavy atom. The molecule has 0 aliphatic carbocycles. The fourth-order valence-corrected chi connectivity index (χ4v) is 3.50. The van der Waals surface area contributed by atoms with Crippen LogP contribution in [0.4, 0.5) is 17.1 Å². The number of nitrogens with one attached hydrogen (secondary N) is 2. The lowest BCUT2D eigenvalue weighted by atomic mass is 10.1. The van der Waals surface area contributed by atoms with Gasteiger partial charge in [-0.1, -0.05) is 13.8 Å². The van der Waals surface area contributed by atoms with Gasteiger partial charge in [-0.25, -0.2) is 0 Å². The summed E-state index contributed by atoms with van der Waals surface area (Å²) in [5, 5.41) is 5.66. The minimum absolute atomic E-state index is 0.0690. The van der Waals surface area contributed by atoms with Crippen LogP contribution in [0.25, 0.3) is 0 Å². The van der Waals surface area contributed by atoms with Crippen LogP contribution in [-0.4, -0.2) is 37.5 Å². The van der Waals surface area contributed by atoms with Crippen LogP contribution in [0.2, 0.25) is 0 Å². The second-order valence-corrected chi connectivity index (χ2v) is 7.94. The summed E-state index contributed by atoms with van der Waals surface area (Å²) < 4.78 is 11.1. The summed E-state index contributed by atoms with van der Waals surface area (Å²) in [6.07, 6.45) is 0.142. The van der Waals surface area contributed by atoms with Crippen LogP contribution in [0, 0.1) is 11.8 Å². The molecule has 0 saturated carbocycles. The van der Waals surface area contributed by atoms with Gasteiger partial charge in [0.25, 0.3) is 0 Å². The second-order valence-electron chi connectivity index (χ2n) is 7.94. The number of ether oxygens (including phenoxy) is 2. The smallest absolute Gasteiger partial charge is 0.229 e. The van der Waals surface area contributed by atoms with E-state index in [0.29, 0.717) is 48.3 Å². The monoisotopic (exact) mass is 423 g/mol. The molecule has 2 N–H and O–H groups in total. The summed E-state index contributed by atoms with van der Waals surface area (Å²) >= 11 is 0. The Morgan fingerprint density at radius 3 is 2.29 bits per heavy atom. The molecule has 31 heavy (non-hydrogen) atoms. The van der Waals surface area contributed by atoms with Gasteiger partial charge in [0.1, 0.15) is 13.2 Å². The number of nitrogens with zero attached hydrogens (tertiary/aromatic N) is 1. The number of carbonyl (C=O) groups is 3. The highest BCUT2D eigenvalue weighted by molar-refractivity contribution is 6.03. The molecule has 1 atom stereocenters. The highest BCUT2D eigenvalue weighted by Gasteiger charge is 2.35. The summed E-state index contributed by atoms with van der Waals surface area (Å²) in [6, 6.07) is 12.3. The van der Waals surface area contributed by atoms with Crippen LogP contribution in [0.15, 0.2) is 42.5 Å². The first kappa shape index (κ1) is 20.7. The zero-order chi connectivity index (χ0) is 22.0. The highest BCUT2D eigenvalue weighted by atomic mass is 16.6. The molecule has 2 aliphatic heterocycles. The lowest BCUT2D eigenvalue weighted by Gasteiger charge is -2.22. The van der Waals surface area contributed by atoms with Crippen molar-refractivity contribution >= 4 is 34.8 Å². The van der Waals surface area contributed by atoms with E-state index in [1.165, 1.54) is 0 Å². The minimum atomic E-state index is -0.457. The maximum absolute atomic E-state index is 12.7. The molecule has 4 rings (SSSR count). The molecular formula is C23H25N3O5. The van der Waals surface area contributed by atoms with E-state index >= 15 is 0 Å². The lowest BCUT2D eigenvalue weighted by Crippen LogP contribution is -2.28. The number of amides is 3. The Morgan fingerprint density at radius 2 is 1.61 bits per heavy atom. The quantitative estimate of drug-likeness (QED) is 0.771. The molecule has 1 saturated heterocycles. The zero-order valence-electron chi connectivity index (χ0n) is 17.5. The number of carbonyl (C=O) groups excluding carboxylic acids is 3. The molecule has 2 aliphatic rings. The van der Waals surface area contributed by atoms with Gasteiger partial charge in [-0.2, -0.15) is 0 Å². The van der Waals surface area contributed by atoms with Crippen LogP contribution in [0.1, 0.15) is 20.3 Å². The van der Waals surface area contributed by atoms with Gasteiger partial charge in [-0.3, -0.25) is 14.4 Å². The largest absolute Gasteiger partial charge is 0.486 e. The Labute approximate surface area is 180 Å². The van der Waals surface area contributed by atoms with Gasteiger partial charge >= 0.3 is 0 Å². The van der Waals surface area contributed by atoms with Crippen LogP contribution < -0.4 is 25.0 Å². The average Bonchev–Trinajstić information content (AvgIpc) is 3.16. The Bertz CT molecular complexity index is 1000. The van der Waals surface area contributed by atoms with Crippen molar-refractivity contribution in [2.45, 2.75) is 20.3 Å². The van der Waals surface area contributed by atoms with E-state index in [9.17, 15) is 14.4 Å². The van der Waals surface area contributed by atoms with Gasteiger partial charge in [-0.15, -0.1) is 0 Å². The number of anilines is 3. The third kappa shape index (κ3) is 4.63. The molecular weight excluding hydrogens is 398 g/mol. The van der Waals surface area contributed by atoms with Gasteiger partial charge in [0.2, 0.25) is 17.7 Å². The summed E-state index contributed by atoms with van der Waals surface area (Å²) in [5.74, 6) is 0.298. The second kappa shape index (κ2) is 8.67. The van der Waals surface area contributed by atoms with Crippen LogP contribution in [0.5, 0.6) is 11.5 Å². The lowest BCUT2D eigenvalue weighted by molar-refractivity contribution is -0.122. The molecule has 0 unspecified atom stereocenters. The van der Waals surface area contributed by atoms with E-state index in [2.05, 4.69) is 10.6 Å². The number of rotatable bonds is 5. The predicted octanol–water partition coefficient (Wildman–Crippen LogP) is 3.04. The Balaban J connectivity index is 1.38. The standard InChI is InChI=1S/C23H25N3O5/c1-14(2)22(28)24-16-3-5-17(6-4-16)25-23(29)15-11-21(27)26(13-15)18-7-8-19-20(12-18)31-10-9-30-19/h3-8,12,14-15H,9-11,13H2,1-2H3,(H,24,28)(H,25,29)/t15-/m1/s1. The zero-order valence-corrected chi connectivity index (χ0v) is 17.5. The molecule has 162 valence electrons. The van der Waals surface area contributed by atoms with E-state index in [0.717, 1.165) is 0 Å². The van der Waals surface area contributed by atoms with Crippen molar-refractivity contribution in [1.82, 2.24) is 0 Å². The minimum Gasteiger partial charge on any atom is -0.486 e. The molecule has 0 bridgehead atoms. The number of hydrogen-bond donors (Lipinski definition) is 2. The number of hydrogen-bond acceptors (Lipinski definition) is 5. The number of benzene rings is 2. The molecule has 0 spiro atoms. The topological polar surface area (TPSA) is 97.0 Å². The normalized spacial score (nSPS) is 17.6. The fraction of sp³-hybridized carbons (Fsp3) is 0.348. The molecule has 8 nitrogen and oxygen atoms in total. The van der Waals surface area contributed by atoms with Gasteiger partial charge in [-0.05, 0) is 36.4 Å². The average molecular weight is 423 g/mol. The first-order valence-corrected chi connectivity index (χ1v) is 10.3. The van der Waals surface area contributed by atoms with E-state index < -0.39 is 5.92 Å². The van der Waals surface area contributed by atoms with Gasteiger partial charge in [0.05, 0.1) is 5.92 Å². The number of fused-ring (bicyclic) bond motifs is 1. The first-order chi connectivity index (χ1) is 14.9. The molecule has 1 fully saturated rings. The van der Waals surface area contributed by atoms with Gasteiger partial charge < -0.3 is 25.0 Å². The van der Waals surface area contributed by atoms with E-state index in [-0.39, 0.29) is 30.1 Å². The Hall–Kier alpha value is -3.55. The van der Waals surface area contributed by atoms with Crippen LogP contribution >= 0.6 is 0 Å². The molecule has 0 aromatic heterocycles. The fourth-order valence-electron chi connectivity index (χ4n) is 3.50. The van der Waals surface area contributed by atoms with Crippen molar-refractivity contribution in [1.29, 1.82) is 0 Å². The maximum Gasteiger partial charge on any atom is 0.229 e. The van der Waals surface area contributed by atoms with Crippen LogP contribution in [-0.2, 0) is 14.4 Å². The molecule has 3 amide bonds. The molecule has 2 heterocycles. The third-order valence-electron chi connectivity index (χ3n) is 5.28. The van der Waals surface area contributed by atoms with Crippen molar-refractivity contribution in [3.63, 3.8) is 0 Å². The summed E-state index contributed by atoms with van der Waals surface area (Å²) in [5.41, 5.74) is 1.96. The third-order valence-corrected chi connectivity index (χ3v) is 5.28. The maximum atomic E-state index is 12.7. The Kier molecular flexibility index (Phi) is 5.79. The van der Waals surface area contributed by atoms with Crippen molar-refractivity contribution in [2.24, 2.45) is 11.8 Å². The highest BCUT2D eigenvalue weighted by Crippen LogP contribution is 2.36. The molecule has 0 radical (unpaired) electrons. The molecule has 2 aromatic rings. The van der Waals surface area contributed by atoms with E-state index in [4.69, 9.17) is 9.47 Å². The summed E-state index contributed by atoms with van der Waals surface area (Å²) in [7, 11) is 0. The van der Waals surface area contributed by atoms with Crippen molar-refractivity contribution < 1.29 is 23.9 Å². The molecule has 2 aromatic carbocycles. The summed E-state index contributed by atoms with van der Waals surface area (Å²) in [4.78, 5) is 38.6. The van der Waals surface area contributed by atoms with Crippen molar-refractivity contribution in [3.05, 3.63) is 42.5 Å². The van der Waals surface area contributed by atoms with Crippen molar-refractivity contribution in [3.8, 4) is 11.5 Å². The van der Waals surface area contributed by atoms with E-state index in [1.807, 2.05) is 13.8 Å². The predicted molar refractivity (Wildman–Crippen MR) is 116 cm³/mol. The van der Waals surface area contributed by atoms with E-state index in [1.54, 1.807) is 47.4 Å². The van der Waals surface area contributed by atoms with Crippen molar-refractivity contribution in [2.75, 3.05) is 35.3 Å². The van der Waals surface area contributed by atoms with Gasteiger partial charge in [0.15, 0.2) is 11.5 Å². The summed E-state index contributed by atoms with van der Waals surface area (Å²) in [6.45, 7) is 4.91.